The topological polar surface area (TPSA) is 108 Å². The number of carbonyl (C=O) groups is 1. The number of nitrogens with one attached hydrogen (secondary N) is 2. The summed E-state index contributed by atoms with van der Waals surface area (Å²) >= 11 is 0. The first kappa shape index (κ1) is 27.4. The second-order valence-electron chi connectivity index (χ2n) is 10.5. The highest BCUT2D eigenvalue weighted by Gasteiger charge is 2.20. The van der Waals surface area contributed by atoms with Crippen LogP contribution in [-0.4, -0.2) is 70.5 Å². The summed E-state index contributed by atoms with van der Waals surface area (Å²) in [6, 6.07) is 9.78. The molecule has 210 valence electrons. The maximum Gasteiger partial charge on any atom is 0.268 e. The average molecular weight is 544 g/mol. The maximum atomic E-state index is 13.6. The smallest absolute Gasteiger partial charge is 0.268 e. The lowest BCUT2D eigenvalue weighted by Gasteiger charge is -2.33. The number of hydrogen-bond donors (Lipinski definition) is 2. The van der Waals surface area contributed by atoms with Crippen LogP contribution in [0.2, 0.25) is 0 Å². The van der Waals surface area contributed by atoms with E-state index < -0.39 is 0 Å². The number of aromatic nitrogens is 4. The van der Waals surface area contributed by atoms with Crippen LogP contribution < -0.4 is 20.5 Å². The molecule has 10 nitrogen and oxygen atoms in total. The second kappa shape index (κ2) is 11.5. The molecule has 1 saturated heterocycles. The molecule has 1 fully saturated rings. The number of hydrogen-bond acceptors (Lipinski definition) is 7. The van der Waals surface area contributed by atoms with Gasteiger partial charge in [0.05, 0.1) is 30.4 Å². The number of pyridine rings is 3. The number of H-pyrrole nitrogens is 1. The Hall–Kier alpha value is -4.18. The molecule has 1 amide bonds. The molecule has 0 unspecified atom stereocenters. The van der Waals surface area contributed by atoms with Crippen molar-refractivity contribution in [1.29, 1.82) is 0 Å². The van der Waals surface area contributed by atoms with Crippen molar-refractivity contribution in [3.8, 4) is 16.9 Å². The number of carbonyl (C=O) groups excluding carboxylic acids is 1. The number of rotatable bonds is 8. The average Bonchev–Trinajstić information content (AvgIpc) is 3.40. The predicted octanol–water partition coefficient (Wildman–Crippen LogP) is 3.60. The Labute approximate surface area is 234 Å². The summed E-state index contributed by atoms with van der Waals surface area (Å²) in [5, 5.41) is 2.92. The molecule has 0 radical (unpaired) electrons. The van der Waals surface area contributed by atoms with Crippen LogP contribution in [0.5, 0.6) is 5.75 Å². The minimum Gasteiger partial charge on any atom is -0.496 e. The number of methoxy groups -OCH3 is 1. The van der Waals surface area contributed by atoms with Gasteiger partial charge in [0.2, 0.25) is 0 Å². The highest BCUT2D eigenvalue weighted by Crippen LogP contribution is 2.29. The van der Waals surface area contributed by atoms with Crippen molar-refractivity contribution in [2.45, 2.75) is 39.7 Å². The molecule has 1 aliphatic rings. The van der Waals surface area contributed by atoms with E-state index in [0.717, 1.165) is 60.8 Å². The van der Waals surface area contributed by atoms with Gasteiger partial charge in [-0.1, -0.05) is 13.8 Å². The molecule has 10 heteroatoms. The third-order valence-electron chi connectivity index (χ3n) is 7.77. The Kier molecular flexibility index (Phi) is 7.88. The number of likely N-dealkylation sites (N-methyl/N-ethyl adjacent to an activating group) is 1. The van der Waals surface area contributed by atoms with Gasteiger partial charge in [0.1, 0.15) is 23.6 Å². The van der Waals surface area contributed by atoms with Gasteiger partial charge in [-0.3, -0.25) is 14.0 Å². The minimum atomic E-state index is -0.316. The van der Waals surface area contributed by atoms with E-state index in [9.17, 15) is 9.59 Å². The lowest BCUT2D eigenvalue weighted by Crippen LogP contribution is -2.44. The molecule has 0 spiro atoms. The largest absolute Gasteiger partial charge is 0.496 e. The molecule has 0 bridgehead atoms. The summed E-state index contributed by atoms with van der Waals surface area (Å²) in [4.78, 5) is 43.0. The molecule has 4 aromatic rings. The molecule has 2 N–H and O–H groups in total. The van der Waals surface area contributed by atoms with Gasteiger partial charge >= 0.3 is 0 Å². The molecule has 1 atom stereocenters. The molecule has 0 aliphatic carbocycles. The zero-order valence-corrected chi connectivity index (χ0v) is 23.8. The van der Waals surface area contributed by atoms with Crippen LogP contribution >= 0.6 is 0 Å². The Bertz CT molecular complexity index is 1570. The third kappa shape index (κ3) is 5.44. The van der Waals surface area contributed by atoms with Gasteiger partial charge < -0.3 is 24.8 Å². The number of amides is 1. The lowest BCUT2D eigenvalue weighted by atomic mass is 10.0. The number of imidazole rings is 1. The number of ether oxygens (including phenoxy) is 1. The van der Waals surface area contributed by atoms with Gasteiger partial charge in [-0.2, -0.15) is 0 Å². The number of piperazine rings is 1. The highest BCUT2D eigenvalue weighted by molar-refractivity contribution is 5.95. The fourth-order valence-electron chi connectivity index (χ4n) is 5.10. The zero-order valence-electron chi connectivity index (χ0n) is 23.8. The van der Waals surface area contributed by atoms with E-state index in [1.54, 1.807) is 19.3 Å². The molecular weight excluding hydrogens is 506 g/mol. The summed E-state index contributed by atoms with van der Waals surface area (Å²) in [6.45, 7) is 9.99. The third-order valence-corrected chi connectivity index (χ3v) is 7.77. The van der Waals surface area contributed by atoms with Crippen LogP contribution in [0.4, 0.5) is 5.82 Å². The fraction of sp³-hybridized carbons (Fsp3) is 0.400. The van der Waals surface area contributed by atoms with Crippen molar-refractivity contribution >= 4 is 17.2 Å². The Morgan fingerprint density at radius 3 is 2.58 bits per heavy atom. The molecule has 0 saturated carbocycles. The molecule has 40 heavy (non-hydrogen) atoms. The summed E-state index contributed by atoms with van der Waals surface area (Å²) in [7, 11) is 3.65. The van der Waals surface area contributed by atoms with Crippen molar-refractivity contribution in [3.63, 3.8) is 0 Å². The minimum absolute atomic E-state index is 0.0253. The Morgan fingerprint density at radius 1 is 1.12 bits per heavy atom. The van der Waals surface area contributed by atoms with Crippen molar-refractivity contribution in [2.24, 2.45) is 0 Å². The van der Waals surface area contributed by atoms with E-state index in [-0.39, 0.29) is 23.9 Å². The number of nitrogens with zero attached hydrogens (tertiary/aromatic N) is 5. The van der Waals surface area contributed by atoms with Crippen LogP contribution in [0.3, 0.4) is 0 Å². The molecular formula is C30H37N7O3. The van der Waals surface area contributed by atoms with Gasteiger partial charge in [0.25, 0.3) is 11.5 Å². The fourth-order valence-corrected chi connectivity index (χ4v) is 5.10. The van der Waals surface area contributed by atoms with E-state index in [1.165, 1.54) is 7.11 Å². The van der Waals surface area contributed by atoms with Crippen molar-refractivity contribution in [3.05, 3.63) is 75.9 Å². The van der Waals surface area contributed by atoms with Crippen molar-refractivity contribution in [2.75, 3.05) is 45.2 Å². The number of aryl methyl sites for hydroxylation is 1. The molecule has 0 aromatic carbocycles. The second-order valence-corrected chi connectivity index (χ2v) is 10.5. The first-order valence-electron chi connectivity index (χ1n) is 13.7. The molecule has 4 aromatic heterocycles. The summed E-state index contributed by atoms with van der Waals surface area (Å²) in [6.07, 6.45) is 4.50. The van der Waals surface area contributed by atoms with E-state index in [1.807, 2.05) is 22.7 Å². The van der Waals surface area contributed by atoms with E-state index in [0.29, 0.717) is 22.7 Å². The predicted molar refractivity (Wildman–Crippen MR) is 156 cm³/mol. The van der Waals surface area contributed by atoms with E-state index in [2.05, 4.69) is 58.1 Å². The zero-order chi connectivity index (χ0) is 28.4. The molecule has 5 heterocycles. The monoisotopic (exact) mass is 543 g/mol. The summed E-state index contributed by atoms with van der Waals surface area (Å²) < 4.78 is 7.22. The summed E-state index contributed by atoms with van der Waals surface area (Å²) in [5.74, 6) is 1.31. The molecule has 5 rings (SSSR count). The standard InChI is InChI=1S/C30H37N7O3/c1-6-19(2)28-24-14-22(21-7-8-27(31-16-21)36-11-9-35(4)10-12-36)15-25(37(24)18-33-28)30(39)32-17-23-26(40-5)13-20(3)34-29(23)38/h7-8,13-16,18-19H,6,9-12,17H2,1-5H3,(H,32,39)(H,34,38)/t19-/m1/s1. The first-order chi connectivity index (χ1) is 19.3. The Morgan fingerprint density at radius 2 is 1.90 bits per heavy atom. The number of aromatic amines is 1. The van der Waals surface area contributed by atoms with Crippen LogP contribution in [0.1, 0.15) is 53.6 Å². The maximum absolute atomic E-state index is 13.6. The van der Waals surface area contributed by atoms with Crippen molar-refractivity contribution in [1.82, 2.24) is 29.6 Å². The number of anilines is 1. The van der Waals surface area contributed by atoms with Crippen molar-refractivity contribution < 1.29 is 9.53 Å². The Balaban J connectivity index is 1.49. The number of fused-ring (bicyclic) bond motifs is 1. The first-order valence-corrected chi connectivity index (χ1v) is 13.7. The van der Waals surface area contributed by atoms with Gasteiger partial charge in [-0.05, 0) is 56.3 Å². The van der Waals surface area contributed by atoms with Crippen LogP contribution in [0.15, 0.2) is 47.7 Å². The van der Waals surface area contributed by atoms with Gasteiger partial charge in [0.15, 0.2) is 0 Å². The normalized spacial score (nSPS) is 14.9. The van der Waals surface area contributed by atoms with Gasteiger partial charge in [0, 0.05) is 49.6 Å². The van der Waals surface area contributed by atoms with Crippen LogP contribution in [0, 0.1) is 6.92 Å². The van der Waals surface area contributed by atoms with Gasteiger partial charge in [-0.15, -0.1) is 0 Å². The van der Waals surface area contributed by atoms with E-state index in [4.69, 9.17) is 9.72 Å². The van der Waals surface area contributed by atoms with Crippen LogP contribution in [-0.2, 0) is 6.54 Å². The molecule has 1 aliphatic heterocycles. The summed E-state index contributed by atoms with van der Waals surface area (Å²) in [5.41, 5.74) is 4.82. The highest BCUT2D eigenvalue weighted by atomic mass is 16.5. The SMILES string of the molecule is CC[C@@H](C)c1ncn2c(C(=O)NCc3c(OC)cc(C)[nH]c3=O)cc(-c3ccc(N4CCN(C)CC4)nc3)cc12. The van der Waals surface area contributed by atoms with Gasteiger partial charge in [-0.25, -0.2) is 9.97 Å². The van der Waals surface area contributed by atoms with Crippen LogP contribution in [0.25, 0.3) is 16.6 Å². The lowest BCUT2D eigenvalue weighted by molar-refractivity contribution is 0.0944. The quantitative estimate of drug-likeness (QED) is 0.350. The van der Waals surface area contributed by atoms with E-state index >= 15 is 0 Å².